The molecule has 0 spiro atoms. The third-order valence-electron chi connectivity index (χ3n) is 5.26. The molecule has 1 aliphatic carbocycles. The minimum atomic E-state index is -0.0173. The van der Waals surface area contributed by atoms with E-state index in [-0.39, 0.29) is 5.91 Å². The first-order valence-electron chi connectivity index (χ1n) is 9.20. The fourth-order valence-corrected chi connectivity index (χ4v) is 4.74. The monoisotopic (exact) mass is 354 g/mol. The van der Waals surface area contributed by atoms with Crippen LogP contribution in [0.4, 0.5) is 0 Å². The van der Waals surface area contributed by atoms with Crippen molar-refractivity contribution in [3.8, 4) is 12.3 Å². The summed E-state index contributed by atoms with van der Waals surface area (Å²) in [6, 6.07) is 4.30. The Morgan fingerprint density at radius 1 is 1.28 bits per heavy atom. The second-order valence-corrected chi connectivity index (χ2v) is 8.14. The smallest absolute Gasteiger partial charge is 0.248 e. The Labute approximate surface area is 153 Å². The molecule has 132 valence electrons. The third-order valence-corrected chi connectivity index (χ3v) is 6.30. The van der Waals surface area contributed by atoms with Gasteiger partial charge in [0, 0.05) is 6.42 Å². The summed E-state index contributed by atoms with van der Waals surface area (Å²) >= 11 is 1.56. The molecule has 1 fully saturated rings. The highest BCUT2D eigenvalue weighted by molar-refractivity contribution is 7.16. The molecular weight excluding hydrogens is 328 g/mol. The number of hydrogen-bond donors (Lipinski definition) is 0. The average Bonchev–Trinajstić information content (AvgIpc) is 2.91. The van der Waals surface area contributed by atoms with Gasteiger partial charge in [0.1, 0.15) is 0 Å². The van der Waals surface area contributed by atoms with E-state index in [2.05, 4.69) is 36.9 Å². The lowest BCUT2D eigenvalue weighted by atomic mass is 9.86. The Kier molecular flexibility index (Phi) is 5.75. The fourth-order valence-electron chi connectivity index (χ4n) is 3.62. The van der Waals surface area contributed by atoms with Gasteiger partial charge in [-0.25, -0.2) is 0 Å². The molecule has 1 aliphatic rings. The second kappa shape index (κ2) is 8.01. The summed E-state index contributed by atoms with van der Waals surface area (Å²) in [5.41, 5.74) is 3.55. The molecule has 3 rings (SSSR count). The van der Waals surface area contributed by atoms with Crippen molar-refractivity contribution in [3.63, 3.8) is 0 Å². The van der Waals surface area contributed by atoms with Gasteiger partial charge in [0.25, 0.3) is 0 Å². The van der Waals surface area contributed by atoms with Gasteiger partial charge in [-0.3, -0.25) is 4.79 Å². The van der Waals surface area contributed by atoms with Crippen molar-refractivity contribution >= 4 is 27.5 Å². The molecule has 3 nitrogen and oxygen atoms in total. The normalized spacial score (nSPS) is 16.3. The number of fused-ring (bicyclic) bond motifs is 1. The first kappa shape index (κ1) is 17.9. The molecule has 0 unspecified atom stereocenters. The number of aryl methyl sites for hydroxylation is 2. The zero-order valence-electron chi connectivity index (χ0n) is 15.2. The molecule has 1 saturated carbocycles. The lowest BCUT2D eigenvalue weighted by Crippen LogP contribution is -2.17. The van der Waals surface area contributed by atoms with Crippen molar-refractivity contribution in [1.29, 1.82) is 0 Å². The van der Waals surface area contributed by atoms with E-state index in [1.54, 1.807) is 11.3 Å². The van der Waals surface area contributed by atoms with Gasteiger partial charge in [0.05, 0.1) is 16.8 Å². The summed E-state index contributed by atoms with van der Waals surface area (Å²) in [5, 5.41) is 0. The van der Waals surface area contributed by atoms with E-state index in [0.29, 0.717) is 18.9 Å². The van der Waals surface area contributed by atoms with Crippen LogP contribution in [0.15, 0.2) is 17.1 Å². The first-order valence-corrected chi connectivity index (χ1v) is 10.0. The zero-order valence-corrected chi connectivity index (χ0v) is 16.0. The standard InChI is InChI=1S/C21H26N2OS/c1-4-12-23-18-13-15(2)16(3)14-19(18)25-21(23)22-20(24)11-10-17-8-6-5-7-9-17/h1,13-14,17H,5-12H2,2-3H3. The average molecular weight is 355 g/mol. The molecule has 0 aliphatic heterocycles. The van der Waals surface area contributed by atoms with E-state index in [0.717, 1.165) is 21.4 Å². The molecular formula is C21H26N2OS. The Hall–Kier alpha value is -1.86. The van der Waals surface area contributed by atoms with Crippen LogP contribution in [0.25, 0.3) is 10.2 Å². The maximum absolute atomic E-state index is 12.4. The summed E-state index contributed by atoms with van der Waals surface area (Å²) in [4.78, 5) is 17.5. The molecule has 1 aromatic carbocycles. The van der Waals surface area contributed by atoms with E-state index in [1.165, 1.54) is 43.2 Å². The van der Waals surface area contributed by atoms with E-state index < -0.39 is 0 Å². The van der Waals surface area contributed by atoms with Crippen LogP contribution < -0.4 is 4.80 Å². The van der Waals surface area contributed by atoms with Crippen molar-refractivity contribution < 1.29 is 4.79 Å². The van der Waals surface area contributed by atoms with Crippen LogP contribution in [0.5, 0.6) is 0 Å². The van der Waals surface area contributed by atoms with Gasteiger partial charge in [0.2, 0.25) is 5.91 Å². The number of carbonyl (C=O) groups excluding carboxylic acids is 1. The van der Waals surface area contributed by atoms with Crippen molar-refractivity contribution in [1.82, 2.24) is 4.57 Å². The first-order chi connectivity index (χ1) is 12.1. The summed E-state index contributed by atoms with van der Waals surface area (Å²) in [5.74, 6) is 3.38. The Morgan fingerprint density at radius 2 is 2.00 bits per heavy atom. The van der Waals surface area contributed by atoms with E-state index in [4.69, 9.17) is 6.42 Å². The quantitative estimate of drug-likeness (QED) is 0.730. The molecule has 0 bridgehead atoms. The number of aromatic nitrogens is 1. The van der Waals surface area contributed by atoms with Gasteiger partial charge >= 0.3 is 0 Å². The molecule has 0 saturated heterocycles. The predicted molar refractivity (Wildman–Crippen MR) is 105 cm³/mol. The van der Waals surface area contributed by atoms with Crippen molar-refractivity contribution in [2.45, 2.75) is 65.3 Å². The number of terminal acetylenes is 1. The van der Waals surface area contributed by atoms with Crippen LogP contribution in [0.1, 0.15) is 56.1 Å². The zero-order chi connectivity index (χ0) is 17.8. The Morgan fingerprint density at radius 3 is 2.72 bits per heavy atom. The lowest BCUT2D eigenvalue weighted by molar-refractivity contribution is -0.118. The summed E-state index contributed by atoms with van der Waals surface area (Å²) in [6.45, 7) is 4.64. The fraction of sp³-hybridized carbons (Fsp3) is 0.524. The molecule has 25 heavy (non-hydrogen) atoms. The highest BCUT2D eigenvalue weighted by Crippen LogP contribution is 2.27. The van der Waals surface area contributed by atoms with Crippen molar-refractivity contribution in [2.24, 2.45) is 10.9 Å². The lowest BCUT2D eigenvalue weighted by Gasteiger charge is -2.20. The van der Waals surface area contributed by atoms with Crippen LogP contribution in [0, 0.1) is 32.1 Å². The molecule has 2 aromatic rings. The SMILES string of the molecule is C#CCn1c(=NC(=O)CCC2CCCCC2)sc2cc(C)c(C)cc21. The molecule has 1 amide bonds. The summed E-state index contributed by atoms with van der Waals surface area (Å²) < 4.78 is 3.13. The largest absolute Gasteiger partial charge is 0.305 e. The molecule has 1 heterocycles. The van der Waals surface area contributed by atoms with Gasteiger partial charge in [-0.1, -0.05) is 49.4 Å². The number of carbonyl (C=O) groups is 1. The second-order valence-electron chi connectivity index (χ2n) is 7.13. The van der Waals surface area contributed by atoms with E-state index in [1.807, 2.05) is 4.57 Å². The number of benzene rings is 1. The number of hydrogen-bond acceptors (Lipinski definition) is 2. The molecule has 0 atom stereocenters. The number of amides is 1. The topological polar surface area (TPSA) is 34.4 Å². The predicted octanol–water partition coefficient (Wildman–Crippen LogP) is 4.74. The summed E-state index contributed by atoms with van der Waals surface area (Å²) in [6.07, 6.45) is 13.6. The van der Waals surface area contributed by atoms with Gasteiger partial charge in [-0.15, -0.1) is 6.42 Å². The minimum Gasteiger partial charge on any atom is -0.305 e. The Bertz CT molecular complexity index is 876. The number of nitrogens with zero attached hydrogens (tertiary/aromatic N) is 2. The highest BCUT2D eigenvalue weighted by Gasteiger charge is 2.15. The number of thiazole rings is 1. The van der Waals surface area contributed by atoms with E-state index >= 15 is 0 Å². The highest BCUT2D eigenvalue weighted by atomic mass is 32.1. The van der Waals surface area contributed by atoms with Crippen LogP contribution >= 0.6 is 11.3 Å². The summed E-state index contributed by atoms with van der Waals surface area (Å²) in [7, 11) is 0. The molecule has 0 radical (unpaired) electrons. The maximum atomic E-state index is 12.4. The molecule has 0 N–H and O–H groups in total. The van der Waals surface area contributed by atoms with Crippen molar-refractivity contribution in [3.05, 3.63) is 28.1 Å². The van der Waals surface area contributed by atoms with Crippen LogP contribution in [-0.4, -0.2) is 10.5 Å². The van der Waals surface area contributed by atoms with Gasteiger partial charge < -0.3 is 4.57 Å². The van der Waals surface area contributed by atoms with Crippen LogP contribution in [0.3, 0.4) is 0 Å². The minimum absolute atomic E-state index is 0.0173. The van der Waals surface area contributed by atoms with E-state index in [9.17, 15) is 4.79 Å². The maximum Gasteiger partial charge on any atom is 0.248 e. The van der Waals surface area contributed by atoms with Gasteiger partial charge in [0.15, 0.2) is 4.80 Å². The number of rotatable bonds is 4. The van der Waals surface area contributed by atoms with Crippen LogP contribution in [-0.2, 0) is 11.3 Å². The van der Waals surface area contributed by atoms with Gasteiger partial charge in [-0.2, -0.15) is 4.99 Å². The Balaban J connectivity index is 1.85. The molecule has 4 heteroatoms. The molecule has 1 aromatic heterocycles. The van der Waals surface area contributed by atoms with Crippen molar-refractivity contribution in [2.75, 3.05) is 0 Å². The third kappa shape index (κ3) is 4.22. The van der Waals surface area contributed by atoms with Gasteiger partial charge in [-0.05, 0) is 49.4 Å². The van der Waals surface area contributed by atoms with Crippen LogP contribution in [0.2, 0.25) is 0 Å².